The van der Waals surface area contributed by atoms with Crippen LogP contribution in [0.2, 0.25) is 0 Å². The van der Waals surface area contributed by atoms with Crippen LogP contribution in [0.5, 0.6) is 0 Å². The van der Waals surface area contributed by atoms with Crippen LogP contribution in [0, 0.1) is 0 Å². The Kier molecular flexibility index (Phi) is 5.95. The van der Waals surface area contributed by atoms with Gasteiger partial charge in [-0.05, 0) is 32.0 Å². The summed E-state index contributed by atoms with van der Waals surface area (Å²) in [6.07, 6.45) is 2.26. The second-order valence-corrected chi connectivity index (χ2v) is 5.91. The highest BCUT2D eigenvalue weighted by molar-refractivity contribution is 5.11. The van der Waals surface area contributed by atoms with E-state index >= 15 is 0 Å². The lowest BCUT2D eigenvalue weighted by Gasteiger charge is -2.30. The highest BCUT2D eigenvalue weighted by atomic mass is 16.5. The van der Waals surface area contributed by atoms with Crippen molar-refractivity contribution in [2.24, 2.45) is 0 Å². The van der Waals surface area contributed by atoms with Crippen LogP contribution in [-0.4, -0.2) is 42.2 Å². The number of aromatic nitrogens is 1. The molecular weight excluding hydrogens is 250 g/mol. The summed E-state index contributed by atoms with van der Waals surface area (Å²) in [7, 11) is 2.19. The van der Waals surface area contributed by atoms with Gasteiger partial charge in [-0.3, -0.25) is 9.88 Å². The zero-order valence-electron chi connectivity index (χ0n) is 12.9. The first kappa shape index (κ1) is 15.4. The van der Waals surface area contributed by atoms with Crippen LogP contribution >= 0.6 is 0 Å². The maximum absolute atomic E-state index is 5.42. The monoisotopic (exact) mass is 277 g/mol. The molecule has 1 saturated heterocycles. The lowest BCUT2D eigenvalue weighted by atomic mass is 10.1. The summed E-state index contributed by atoms with van der Waals surface area (Å²) in [6, 6.07) is 7.44. The van der Waals surface area contributed by atoms with Crippen LogP contribution in [0.25, 0.3) is 0 Å². The average Bonchev–Trinajstić information content (AvgIpc) is 2.46. The molecule has 1 aromatic rings. The molecule has 1 aromatic heterocycles. The summed E-state index contributed by atoms with van der Waals surface area (Å²) in [6.45, 7) is 7.85. The molecule has 0 spiro atoms. The molecule has 0 atom stereocenters. The predicted molar refractivity (Wildman–Crippen MR) is 81.5 cm³/mol. The van der Waals surface area contributed by atoms with Crippen molar-refractivity contribution in [3.63, 3.8) is 0 Å². The average molecular weight is 277 g/mol. The highest BCUT2D eigenvalue weighted by Gasteiger charge is 2.18. The fourth-order valence-corrected chi connectivity index (χ4v) is 2.54. The number of hydrogen-bond donors (Lipinski definition) is 1. The summed E-state index contributed by atoms with van der Waals surface area (Å²) in [5.74, 6) is 0. The maximum atomic E-state index is 5.42. The fraction of sp³-hybridized carbons (Fsp3) is 0.688. The van der Waals surface area contributed by atoms with E-state index in [1.165, 1.54) is 0 Å². The minimum atomic E-state index is 0.491. The van der Waals surface area contributed by atoms with E-state index in [9.17, 15) is 0 Å². The van der Waals surface area contributed by atoms with Gasteiger partial charge in [0.1, 0.15) is 0 Å². The second-order valence-electron chi connectivity index (χ2n) is 5.91. The van der Waals surface area contributed by atoms with Crippen LogP contribution < -0.4 is 5.32 Å². The van der Waals surface area contributed by atoms with Crippen LogP contribution in [0.15, 0.2) is 18.2 Å². The molecule has 1 aliphatic rings. The van der Waals surface area contributed by atoms with Gasteiger partial charge in [0.15, 0.2) is 0 Å². The van der Waals surface area contributed by atoms with E-state index in [2.05, 4.69) is 49.3 Å². The maximum Gasteiger partial charge on any atom is 0.0547 e. The predicted octanol–water partition coefficient (Wildman–Crippen LogP) is 2.19. The van der Waals surface area contributed by atoms with E-state index in [-0.39, 0.29) is 0 Å². The number of ether oxygens (including phenoxy) is 1. The Bertz CT molecular complexity index is 402. The molecule has 0 bridgehead atoms. The molecule has 4 nitrogen and oxygen atoms in total. The third-order valence-corrected chi connectivity index (χ3v) is 3.78. The first-order valence-electron chi connectivity index (χ1n) is 7.61. The molecule has 1 fully saturated rings. The molecular formula is C16H27N3O. The van der Waals surface area contributed by atoms with Gasteiger partial charge in [-0.25, -0.2) is 0 Å². The first-order valence-corrected chi connectivity index (χ1v) is 7.61. The molecule has 0 unspecified atom stereocenters. The number of rotatable bonds is 6. The molecule has 2 rings (SSSR count). The van der Waals surface area contributed by atoms with Gasteiger partial charge in [0, 0.05) is 38.4 Å². The van der Waals surface area contributed by atoms with Crippen LogP contribution in [0.1, 0.15) is 38.1 Å². The first-order chi connectivity index (χ1) is 9.65. The summed E-state index contributed by atoms with van der Waals surface area (Å²) < 4.78 is 5.42. The molecule has 0 aliphatic carbocycles. The highest BCUT2D eigenvalue weighted by Crippen LogP contribution is 2.15. The lowest BCUT2D eigenvalue weighted by Crippen LogP contribution is -2.36. The van der Waals surface area contributed by atoms with Gasteiger partial charge in [0.05, 0.1) is 11.4 Å². The zero-order chi connectivity index (χ0) is 14.4. The van der Waals surface area contributed by atoms with Crippen molar-refractivity contribution < 1.29 is 4.74 Å². The Balaban J connectivity index is 1.89. The van der Waals surface area contributed by atoms with Crippen LogP contribution in [-0.2, 0) is 17.8 Å². The standard InChI is InChI=1S/C16H27N3O/c1-13(2)17-11-14-5-4-6-15(18-14)12-19(3)16-7-9-20-10-8-16/h4-6,13,16-17H,7-12H2,1-3H3. The molecule has 4 heteroatoms. The quantitative estimate of drug-likeness (QED) is 0.865. The topological polar surface area (TPSA) is 37.4 Å². The molecule has 0 radical (unpaired) electrons. The van der Waals surface area contributed by atoms with Gasteiger partial charge in [-0.2, -0.15) is 0 Å². The summed E-state index contributed by atoms with van der Waals surface area (Å²) in [4.78, 5) is 7.15. The van der Waals surface area contributed by atoms with Gasteiger partial charge in [-0.1, -0.05) is 19.9 Å². The van der Waals surface area contributed by atoms with Gasteiger partial charge >= 0.3 is 0 Å². The SMILES string of the molecule is CC(C)NCc1cccc(CN(C)C2CCOCC2)n1. The van der Waals surface area contributed by atoms with Crippen molar-refractivity contribution >= 4 is 0 Å². The summed E-state index contributed by atoms with van der Waals surface area (Å²) >= 11 is 0. The van der Waals surface area contributed by atoms with E-state index < -0.39 is 0 Å². The van der Waals surface area contributed by atoms with Crippen molar-refractivity contribution in [2.75, 3.05) is 20.3 Å². The molecule has 20 heavy (non-hydrogen) atoms. The number of pyridine rings is 1. The third kappa shape index (κ3) is 4.85. The van der Waals surface area contributed by atoms with E-state index in [0.29, 0.717) is 12.1 Å². The molecule has 1 N–H and O–H groups in total. The largest absolute Gasteiger partial charge is 0.381 e. The molecule has 0 saturated carbocycles. The summed E-state index contributed by atoms with van der Waals surface area (Å²) in [5.41, 5.74) is 2.28. The number of hydrogen-bond acceptors (Lipinski definition) is 4. The lowest BCUT2D eigenvalue weighted by molar-refractivity contribution is 0.0403. The van der Waals surface area contributed by atoms with E-state index in [1.54, 1.807) is 0 Å². The van der Waals surface area contributed by atoms with Gasteiger partial charge in [0.2, 0.25) is 0 Å². The van der Waals surface area contributed by atoms with Crippen LogP contribution in [0.4, 0.5) is 0 Å². The Morgan fingerprint density at radius 3 is 2.70 bits per heavy atom. The zero-order valence-corrected chi connectivity index (χ0v) is 12.9. The second kappa shape index (κ2) is 7.72. The van der Waals surface area contributed by atoms with Crippen LogP contribution in [0.3, 0.4) is 0 Å². The van der Waals surface area contributed by atoms with E-state index in [4.69, 9.17) is 9.72 Å². The van der Waals surface area contributed by atoms with Crippen molar-refractivity contribution in [3.8, 4) is 0 Å². The van der Waals surface area contributed by atoms with Crippen molar-refractivity contribution in [1.29, 1.82) is 0 Å². The van der Waals surface area contributed by atoms with Crippen molar-refractivity contribution in [1.82, 2.24) is 15.2 Å². The Labute approximate surface area is 122 Å². The Morgan fingerprint density at radius 1 is 1.30 bits per heavy atom. The smallest absolute Gasteiger partial charge is 0.0547 e. The Morgan fingerprint density at radius 2 is 2.00 bits per heavy atom. The molecule has 112 valence electrons. The van der Waals surface area contributed by atoms with Gasteiger partial charge in [-0.15, -0.1) is 0 Å². The normalized spacial score (nSPS) is 17.1. The third-order valence-electron chi connectivity index (χ3n) is 3.78. The molecule has 0 amide bonds. The molecule has 2 heterocycles. The fourth-order valence-electron chi connectivity index (χ4n) is 2.54. The Hall–Kier alpha value is -0.970. The van der Waals surface area contributed by atoms with E-state index in [0.717, 1.165) is 50.5 Å². The van der Waals surface area contributed by atoms with Gasteiger partial charge < -0.3 is 10.1 Å². The van der Waals surface area contributed by atoms with Crippen molar-refractivity contribution in [3.05, 3.63) is 29.6 Å². The number of nitrogens with one attached hydrogen (secondary N) is 1. The van der Waals surface area contributed by atoms with Crippen molar-refractivity contribution in [2.45, 2.75) is 51.9 Å². The molecule has 1 aliphatic heterocycles. The van der Waals surface area contributed by atoms with E-state index in [1.807, 2.05) is 0 Å². The minimum Gasteiger partial charge on any atom is -0.381 e. The van der Waals surface area contributed by atoms with Gasteiger partial charge in [0.25, 0.3) is 0 Å². The summed E-state index contributed by atoms with van der Waals surface area (Å²) in [5, 5.41) is 3.41. The number of nitrogens with zero attached hydrogens (tertiary/aromatic N) is 2. The molecule has 0 aromatic carbocycles. The minimum absolute atomic E-state index is 0.491.